The zero-order chi connectivity index (χ0) is 14.7. The monoisotopic (exact) mass is 278 g/mol. The fourth-order valence-electron chi connectivity index (χ4n) is 2.18. The Balaban J connectivity index is 1.83. The number of halogens is 1. The SMILES string of the molecule is Nc1c(F)cccc1Nc1ccc(-c2ccccc2)cc1. The Morgan fingerprint density at radius 3 is 2.10 bits per heavy atom. The highest BCUT2D eigenvalue weighted by atomic mass is 19.1. The second-order valence-corrected chi connectivity index (χ2v) is 4.77. The van der Waals surface area contributed by atoms with Gasteiger partial charge in [0.25, 0.3) is 0 Å². The van der Waals surface area contributed by atoms with Crippen molar-refractivity contribution < 1.29 is 4.39 Å². The molecule has 3 heteroatoms. The van der Waals surface area contributed by atoms with E-state index in [1.807, 2.05) is 42.5 Å². The first kappa shape index (κ1) is 13.2. The number of nitrogens with one attached hydrogen (secondary N) is 1. The number of benzene rings is 3. The molecule has 0 fully saturated rings. The summed E-state index contributed by atoms with van der Waals surface area (Å²) in [5.74, 6) is -0.416. The Hall–Kier alpha value is -2.81. The summed E-state index contributed by atoms with van der Waals surface area (Å²) in [6.45, 7) is 0. The summed E-state index contributed by atoms with van der Waals surface area (Å²) in [5.41, 5.74) is 9.58. The highest BCUT2D eigenvalue weighted by Gasteiger charge is 2.04. The first-order valence-electron chi connectivity index (χ1n) is 6.70. The minimum atomic E-state index is -0.416. The van der Waals surface area contributed by atoms with Gasteiger partial charge >= 0.3 is 0 Å². The fourth-order valence-corrected chi connectivity index (χ4v) is 2.18. The van der Waals surface area contributed by atoms with E-state index in [-0.39, 0.29) is 5.69 Å². The molecule has 0 aromatic heterocycles. The van der Waals surface area contributed by atoms with Crippen LogP contribution in [0.15, 0.2) is 72.8 Å². The quantitative estimate of drug-likeness (QED) is 0.674. The summed E-state index contributed by atoms with van der Waals surface area (Å²) in [5, 5.41) is 3.13. The van der Waals surface area contributed by atoms with Crippen molar-refractivity contribution in [1.29, 1.82) is 0 Å². The van der Waals surface area contributed by atoms with E-state index in [9.17, 15) is 4.39 Å². The van der Waals surface area contributed by atoms with Gasteiger partial charge in [-0.15, -0.1) is 0 Å². The van der Waals surface area contributed by atoms with Crippen molar-refractivity contribution in [3.05, 3.63) is 78.6 Å². The third-order valence-electron chi connectivity index (χ3n) is 3.32. The smallest absolute Gasteiger partial charge is 0.148 e. The molecule has 0 radical (unpaired) electrons. The minimum Gasteiger partial charge on any atom is -0.395 e. The van der Waals surface area contributed by atoms with Gasteiger partial charge in [-0.2, -0.15) is 0 Å². The van der Waals surface area contributed by atoms with E-state index in [0.717, 1.165) is 16.8 Å². The van der Waals surface area contributed by atoms with E-state index in [1.165, 1.54) is 6.07 Å². The molecule has 0 heterocycles. The third kappa shape index (κ3) is 2.87. The first-order chi connectivity index (χ1) is 10.2. The molecule has 0 unspecified atom stereocenters. The van der Waals surface area contributed by atoms with Crippen molar-refractivity contribution >= 4 is 17.1 Å². The number of hydrogen-bond acceptors (Lipinski definition) is 2. The van der Waals surface area contributed by atoms with Gasteiger partial charge in [-0.3, -0.25) is 0 Å². The van der Waals surface area contributed by atoms with E-state index in [0.29, 0.717) is 5.69 Å². The van der Waals surface area contributed by atoms with Crippen LogP contribution in [-0.2, 0) is 0 Å². The van der Waals surface area contributed by atoms with E-state index < -0.39 is 5.82 Å². The normalized spacial score (nSPS) is 10.3. The molecular weight excluding hydrogens is 263 g/mol. The average Bonchev–Trinajstić information content (AvgIpc) is 2.53. The summed E-state index contributed by atoms with van der Waals surface area (Å²) in [6.07, 6.45) is 0. The van der Waals surface area contributed by atoms with Gasteiger partial charge in [-0.25, -0.2) is 4.39 Å². The van der Waals surface area contributed by atoms with Crippen molar-refractivity contribution in [1.82, 2.24) is 0 Å². The Morgan fingerprint density at radius 1 is 0.714 bits per heavy atom. The van der Waals surface area contributed by atoms with Gasteiger partial charge in [0.15, 0.2) is 0 Å². The molecule has 3 rings (SSSR count). The predicted molar refractivity (Wildman–Crippen MR) is 86.0 cm³/mol. The van der Waals surface area contributed by atoms with Crippen LogP contribution in [0.2, 0.25) is 0 Å². The number of rotatable bonds is 3. The third-order valence-corrected chi connectivity index (χ3v) is 3.32. The molecule has 2 nitrogen and oxygen atoms in total. The molecule has 0 spiro atoms. The number of nitrogen functional groups attached to an aromatic ring is 1. The maximum absolute atomic E-state index is 13.4. The number of hydrogen-bond donors (Lipinski definition) is 2. The minimum absolute atomic E-state index is 0.129. The molecular formula is C18H15FN2. The molecule has 0 amide bonds. The zero-order valence-corrected chi connectivity index (χ0v) is 11.4. The van der Waals surface area contributed by atoms with Crippen LogP contribution in [0, 0.1) is 5.82 Å². The number of anilines is 3. The lowest BCUT2D eigenvalue weighted by Gasteiger charge is -2.10. The van der Waals surface area contributed by atoms with Crippen LogP contribution in [-0.4, -0.2) is 0 Å². The van der Waals surface area contributed by atoms with Gasteiger partial charge in [-0.05, 0) is 35.4 Å². The van der Waals surface area contributed by atoms with E-state index in [2.05, 4.69) is 17.4 Å². The first-order valence-corrected chi connectivity index (χ1v) is 6.70. The lowest BCUT2D eigenvalue weighted by Crippen LogP contribution is -1.98. The van der Waals surface area contributed by atoms with Gasteiger partial charge in [0.2, 0.25) is 0 Å². The summed E-state index contributed by atoms with van der Waals surface area (Å²) in [4.78, 5) is 0. The maximum Gasteiger partial charge on any atom is 0.148 e. The topological polar surface area (TPSA) is 38.0 Å². The average molecular weight is 278 g/mol. The van der Waals surface area contributed by atoms with Crippen LogP contribution in [0.3, 0.4) is 0 Å². The van der Waals surface area contributed by atoms with E-state index >= 15 is 0 Å². The van der Waals surface area contributed by atoms with Crippen LogP contribution in [0.1, 0.15) is 0 Å². The standard InChI is InChI=1S/C18H15FN2/c19-16-7-4-8-17(18(16)20)21-15-11-9-14(10-12-15)13-5-2-1-3-6-13/h1-12,21H,20H2. The second-order valence-electron chi connectivity index (χ2n) is 4.77. The van der Waals surface area contributed by atoms with Crippen LogP contribution in [0.5, 0.6) is 0 Å². The maximum atomic E-state index is 13.4. The summed E-state index contributed by atoms with van der Waals surface area (Å²) < 4.78 is 13.4. The van der Waals surface area contributed by atoms with Crippen molar-refractivity contribution in [3.8, 4) is 11.1 Å². The van der Waals surface area contributed by atoms with Crippen LogP contribution in [0.4, 0.5) is 21.5 Å². The Bertz CT molecular complexity index is 737. The molecule has 0 saturated carbocycles. The van der Waals surface area contributed by atoms with E-state index in [4.69, 9.17) is 5.73 Å². The number of para-hydroxylation sites is 1. The summed E-state index contributed by atoms with van der Waals surface area (Å²) >= 11 is 0. The lowest BCUT2D eigenvalue weighted by molar-refractivity contribution is 0.633. The molecule has 3 aromatic carbocycles. The van der Waals surface area contributed by atoms with Crippen LogP contribution in [0.25, 0.3) is 11.1 Å². The Morgan fingerprint density at radius 2 is 1.38 bits per heavy atom. The van der Waals surface area contributed by atoms with E-state index in [1.54, 1.807) is 12.1 Å². The van der Waals surface area contributed by atoms with Crippen LogP contribution < -0.4 is 11.1 Å². The molecule has 3 N–H and O–H groups in total. The summed E-state index contributed by atoms with van der Waals surface area (Å²) in [7, 11) is 0. The van der Waals surface area contributed by atoms with Crippen molar-refractivity contribution in [2.45, 2.75) is 0 Å². The molecule has 0 bridgehead atoms. The number of nitrogens with two attached hydrogens (primary N) is 1. The van der Waals surface area contributed by atoms with Crippen molar-refractivity contribution in [2.75, 3.05) is 11.1 Å². The summed E-state index contributed by atoms with van der Waals surface area (Å²) in [6, 6.07) is 22.8. The molecule has 0 atom stereocenters. The highest BCUT2D eigenvalue weighted by Crippen LogP contribution is 2.27. The Kier molecular flexibility index (Phi) is 3.56. The van der Waals surface area contributed by atoms with Crippen molar-refractivity contribution in [2.24, 2.45) is 0 Å². The molecule has 104 valence electrons. The lowest BCUT2D eigenvalue weighted by atomic mass is 10.1. The Labute approximate surface area is 123 Å². The fraction of sp³-hybridized carbons (Fsp3) is 0. The largest absolute Gasteiger partial charge is 0.395 e. The van der Waals surface area contributed by atoms with Gasteiger partial charge in [0, 0.05) is 5.69 Å². The molecule has 0 saturated heterocycles. The molecule has 0 aliphatic carbocycles. The van der Waals surface area contributed by atoms with Crippen molar-refractivity contribution in [3.63, 3.8) is 0 Å². The highest BCUT2D eigenvalue weighted by molar-refractivity contribution is 5.74. The molecule has 0 aliphatic heterocycles. The predicted octanol–water partition coefficient (Wildman–Crippen LogP) is 4.82. The zero-order valence-electron chi connectivity index (χ0n) is 11.4. The van der Waals surface area contributed by atoms with Gasteiger partial charge in [0.1, 0.15) is 5.82 Å². The van der Waals surface area contributed by atoms with Gasteiger partial charge in [-0.1, -0.05) is 48.5 Å². The molecule has 0 aliphatic rings. The van der Waals surface area contributed by atoms with Crippen LogP contribution >= 0.6 is 0 Å². The van der Waals surface area contributed by atoms with Gasteiger partial charge < -0.3 is 11.1 Å². The second kappa shape index (κ2) is 5.67. The molecule has 3 aromatic rings. The van der Waals surface area contributed by atoms with Gasteiger partial charge in [0.05, 0.1) is 11.4 Å². The molecule has 21 heavy (non-hydrogen) atoms.